The monoisotopic (exact) mass is 324 g/mol. The Labute approximate surface area is 144 Å². The Morgan fingerprint density at radius 3 is 2.29 bits per heavy atom. The first-order valence-electron chi connectivity index (χ1n) is 8.77. The third-order valence-corrected chi connectivity index (χ3v) is 4.70. The highest BCUT2D eigenvalue weighted by Gasteiger charge is 2.21. The molecule has 0 spiro atoms. The number of benzene rings is 1. The minimum absolute atomic E-state index is 0.00502. The number of rotatable bonds is 4. The molecular weight excluding hydrogens is 298 g/mol. The van der Waals surface area contributed by atoms with Gasteiger partial charge in [0.1, 0.15) is 0 Å². The van der Waals surface area contributed by atoms with Gasteiger partial charge in [0.2, 0.25) is 6.04 Å². The zero-order chi connectivity index (χ0) is 16.9. The van der Waals surface area contributed by atoms with Crippen LogP contribution in [0.15, 0.2) is 48.8 Å². The second kappa shape index (κ2) is 7.47. The van der Waals surface area contributed by atoms with Crippen molar-refractivity contribution in [2.45, 2.75) is 39.2 Å². The summed E-state index contributed by atoms with van der Waals surface area (Å²) in [6, 6.07) is 12.0. The molecule has 3 rings (SSSR count). The van der Waals surface area contributed by atoms with Crippen LogP contribution in [0, 0.1) is 6.92 Å². The van der Waals surface area contributed by atoms with Crippen molar-refractivity contribution in [1.82, 2.24) is 0 Å². The lowest BCUT2D eigenvalue weighted by Crippen LogP contribution is -2.43. The first-order chi connectivity index (χ1) is 11.6. The topological polar surface area (TPSA) is 36.2 Å². The van der Waals surface area contributed by atoms with Gasteiger partial charge in [0, 0.05) is 43.5 Å². The summed E-state index contributed by atoms with van der Waals surface area (Å²) >= 11 is 0. The van der Waals surface area contributed by atoms with Crippen molar-refractivity contribution >= 4 is 17.3 Å². The quantitative estimate of drug-likeness (QED) is 0.874. The molecule has 1 aromatic carbocycles. The Morgan fingerprint density at radius 1 is 1.04 bits per heavy atom. The van der Waals surface area contributed by atoms with E-state index in [4.69, 9.17) is 0 Å². The summed E-state index contributed by atoms with van der Waals surface area (Å²) in [6.45, 7) is 6.21. The molecule has 24 heavy (non-hydrogen) atoms. The van der Waals surface area contributed by atoms with Gasteiger partial charge in [-0.15, -0.1) is 0 Å². The minimum Gasteiger partial charge on any atom is -0.372 e. The maximum absolute atomic E-state index is 12.4. The van der Waals surface area contributed by atoms with E-state index in [0.717, 1.165) is 18.8 Å². The number of hydrogen-bond donors (Lipinski definition) is 1. The Balaban J connectivity index is 1.62. The number of aryl methyl sites for hydroxylation is 1. The maximum atomic E-state index is 12.4. The van der Waals surface area contributed by atoms with Crippen LogP contribution >= 0.6 is 0 Å². The largest absolute Gasteiger partial charge is 0.372 e. The number of nitrogens with one attached hydrogen (secondary N) is 1. The van der Waals surface area contributed by atoms with Crippen LogP contribution in [0.1, 0.15) is 37.8 Å². The molecular formula is C20H26N3O+. The second-order valence-corrected chi connectivity index (χ2v) is 6.58. The number of aromatic nitrogens is 1. The molecule has 1 atom stereocenters. The van der Waals surface area contributed by atoms with E-state index < -0.39 is 0 Å². The fraction of sp³-hybridized carbons (Fsp3) is 0.400. The maximum Gasteiger partial charge on any atom is 0.293 e. The third kappa shape index (κ3) is 3.94. The first kappa shape index (κ1) is 16.5. The molecule has 0 radical (unpaired) electrons. The predicted octanol–water partition coefficient (Wildman–Crippen LogP) is 3.47. The summed E-state index contributed by atoms with van der Waals surface area (Å²) < 4.78 is 1.92. The van der Waals surface area contributed by atoms with Crippen LogP contribution in [0.2, 0.25) is 0 Å². The molecule has 1 aromatic heterocycles. The van der Waals surface area contributed by atoms with Crippen LogP contribution in [0.25, 0.3) is 0 Å². The number of carbonyl (C=O) groups is 1. The molecule has 1 aliphatic rings. The van der Waals surface area contributed by atoms with Crippen LogP contribution in [-0.2, 0) is 4.79 Å². The molecule has 4 heteroatoms. The molecule has 4 nitrogen and oxygen atoms in total. The van der Waals surface area contributed by atoms with Crippen molar-refractivity contribution in [3.05, 3.63) is 54.4 Å². The number of amides is 1. The summed E-state index contributed by atoms with van der Waals surface area (Å²) in [6.07, 6.45) is 7.75. The number of piperidine rings is 1. The van der Waals surface area contributed by atoms with Crippen LogP contribution < -0.4 is 14.8 Å². The third-order valence-electron chi connectivity index (χ3n) is 4.70. The van der Waals surface area contributed by atoms with Crippen molar-refractivity contribution < 1.29 is 9.36 Å². The highest BCUT2D eigenvalue weighted by Crippen LogP contribution is 2.22. The number of nitrogens with zero attached hydrogens (tertiary/aromatic N) is 2. The molecule has 126 valence electrons. The summed E-state index contributed by atoms with van der Waals surface area (Å²) in [5, 5.41) is 3.01. The molecule has 0 saturated carbocycles. The number of carbonyl (C=O) groups excluding carboxylic acids is 1. The molecule has 1 aliphatic heterocycles. The van der Waals surface area contributed by atoms with Gasteiger partial charge >= 0.3 is 0 Å². The number of anilines is 2. The average molecular weight is 324 g/mol. The van der Waals surface area contributed by atoms with Crippen LogP contribution in [0.4, 0.5) is 11.4 Å². The normalized spacial score (nSPS) is 15.8. The first-order valence-corrected chi connectivity index (χ1v) is 8.77. The number of pyridine rings is 1. The summed E-state index contributed by atoms with van der Waals surface area (Å²) in [5.74, 6) is -0.00502. The highest BCUT2D eigenvalue weighted by atomic mass is 16.2. The van der Waals surface area contributed by atoms with Crippen molar-refractivity contribution in [2.24, 2.45) is 0 Å². The SMILES string of the molecule is Cc1cc[n+]([C@H](C)C(=O)Nc2ccc(N3CCCCC3)cc2)cc1. The van der Waals surface area contributed by atoms with Crippen molar-refractivity contribution in [3.63, 3.8) is 0 Å². The Morgan fingerprint density at radius 2 is 1.67 bits per heavy atom. The van der Waals surface area contributed by atoms with E-state index in [1.54, 1.807) is 0 Å². The van der Waals surface area contributed by atoms with Gasteiger partial charge in [0.05, 0.1) is 0 Å². The second-order valence-electron chi connectivity index (χ2n) is 6.58. The van der Waals surface area contributed by atoms with E-state index in [-0.39, 0.29) is 11.9 Å². The zero-order valence-electron chi connectivity index (χ0n) is 14.5. The molecule has 2 heterocycles. The highest BCUT2D eigenvalue weighted by molar-refractivity contribution is 5.92. The van der Waals surface area contributed by atoms with Crippen molar-refractivity contribution in [1.29, 1.82) is 0 Å². The smallest absolute Gasteiger partial charge is 0.293 e. The predicted molar refractivity (Wildman–Crippen MR) is 97.2 cm³/mol. The average Bonchev–Trinajstić information content (AvgIpc) is 2.63. The summed E-state index contributed by atoms with van der Waals surface area (Å²) in [5.41, 5.74) is 3.28. The lowest BCUT2D eigenvalue weighted by molar-refractivity contribution is -0.705. The molecule has 0 unspecified atom stereocenters. The Bertz CT molecular complexity index is 673. The van der Waals surface area contributed by atoms with Crippen LogP contribution in [0.3, 0.4) is 0 Å². The van der Waals surface area contributed by atoms with Gasteiger partial charge in [-0.3, -0.25) is 4.79 Å². The van der Waals surface area contributed by atoms with Crippen molar-refractivity contribution in [3.8, 4) is 0 Å². The van der Waals surface area contributed by atoms with Gasteiger partial charge in [0.25, 0.3) is 5.91 Å². The van der Waals surface area contributed by atoms with E-state index in [0.29, 0.717) is 0 Å². The minimum atomic E-state index is -0.243. The lowest BCUT2D eigenvalue weighted by atomic mass is 10.1. The zero-order valence-corrected chi connectivity index (χ0v) is 14.5. The van der Waals surface area contributed by atoms with Crippen LogP contribution in [-0.4, -0.2) is 19.0 Å². The Hall–Kier alpha value is -2.36. The molecule has 1 saturated heterocycles. The molecule has 0 bridgehead atoms. The van der Waals surface area contributed by atoms with Gasteiger partial charge in [-0.1, -0.05) is 0 Å². The van der Waals surface area contributed by atoms with Gasteiger partial charge in [0.15, 0.2) is 12.4 Å². The fourth-order valence-electron chi connectivity index (χ4n) is 3.06. The molecule has 1 fully saturated rings. The molecule has 1 amide bonds. The van der Waals surface area contributed by atoms with E-state index in [1.807, 2.05) is 55.1 Å². The van der Waals surface area contributed by atoms with E-state index in [2.05, 4.69) is 22.3 Å². The lowest BCUT2D eigenvalue weighted by Gasteiger charge is -2.28. The van der Waals surface area contributed by atoms with Gasteiger partial charge in [-0.25, -0.2) is 0 Å². The van der Waals surface area contributed by atoms with Gasteiger partial charge in [-0.05, 0) is 56.0 Å². The number of hydrogen-bond acceptors (Lipinski definition) is 2. The van der Waals surface area contributed by atoms with E-state index >= 15 is 0 Å². The van der Waals surface area contributed by atoms with E-state index in [1.165, 1.54) is 30.5 Å². The van der Waals surface area contributed by atoms with E-state index in [9.17, 15) is 4.79 Å². The fourth-order valence-corrected chi connectivity index (χ4v) is 3.06. The molecule has 1 N–H and O–H groups in total. The van der Waals surface area contributed by atoms with Gasteiger partial charge in [-0.2, -0.15) is 4.57 Å². The van der Waals surface area contributed by atoms with Crippen molar-refractivity contribution in [2.75, 3.05) is 23.3 Å². The van der Waals surface area contributed by atoms with Crippen LogP contribution in [0.5, 0.6) is 0 Å². The standard InChI is InChI=1S/C20H25N3O/c1-16-10-14-22(15-11-16)17(2)20(24)21-18-6-8-19(9-7-18)23-12-4-3-5-13-23/h6-11,14-15,17H,3-5,12-13H2,1-2H3/p+1/t17-/m1/s1. The van der Waals surface area contributed by atoms with Gasteiger partial charge < -0.3 is 10.2 Å². The summed E-state index contributed by atoms with van der Waals surface area (Å²) in [7, 11) is 0. The summed E-state index contributed by atoms with van der Waals surface area (Å²) in [4.78, 5) is 14.9. The Kier molecular flexibility index (Phi) is 5.14. The molecule has 0 aliphatic carbocycles. The molecule has 2 aromatic rings.